The van der Waals surface area contributed by atoms with Crippen molar-refractivity contribution < 1.29 is 23.5 Å². The minimum atomic E-state index is -0.850. The molecule has 0 spiro atoms. The smallest absolute Gasteiger partial charge is 0.410 e. The number of carbonyl (C=O) groups is 2. The van der Waals surface area contributed by atoms with Crippen LogP contribution in [0.15, 0.2) is 66.7 Å². The second kappa shape index (κ2) is 10.1. The first-order valence-corrected chi connectivity index (χ1v) is 12.8. The number of rotatable bonds is 5. The summed E-state index contributed by atoms with van der Waals surface area (Å²) in [5.41, 5.74) is 1.92. The maximum Gasteiger partial charge on any atom is 0.410 e. The van der Waals surface area contributed by atoms with E-state index in [4.69, 9.17) is 9.47 Å². The Bertz CT molecular complexity index is 1540. The van der Waals surface area contributed by atoms with Crippen molar-refractivity contribution in [2.24, 2.45) is 0 Å². The van der Waals surface area contributed by atoms with E-state index >= 15 is 0 Å². The summed E-state index contributed by atoms with van der Waals surface area (Å²) in [4.78, 5) is 28.2. The molecule has 9 heteroatoms. The predicted molar refractivity (Wildman–Crippen MR) is 146 cm³/mol. The fourth-order valence-electron chi connectivity index (χ4n) is 4.91. The normalized spacial score (nSPS) is 17.3. The lowest BCUT2D eigenvalue weighted by Crippen LogP contribution is -2.49. The molecule has 1 aliphatic heterocycles. The van der Waals surface area contributed by atoms with E-state index in [0.717, 1.165) is 16.7 Å². The highest BCUT2D eigenvalue weighted by atomic mass is 19.1. The number of halogens is 1. The molecule has 202 valence electrons. The first kappa shape index (κ1) is 26.2. The van der Waals surface area contributed by atoms with Gasteiger partial charge in [-0.15, -0.1) is 5.10 Å². The SMILES string of the molecule is COc1cccc(C2(NC(=O)c3cccc(-c4ccc5[nH]nc(F)c5c4)c3)CCN(C(=O)OC(C)(C)C)C2)c1. The van der Waals surface area contributed by atoms with Crippen LogP contribution < -0.4 is 10.1 Å². The average Bonchev–Trinajstić information content (AvgIpc) is 3.52. The van der Waals surface area contributed by atoms with Gasteiger partial charge in [0.05, 0.1) is 30.1 Å². The van der Waals surface area contributed by atoms with Crippen molar-refractivity contribution in [2.75, 3.05) is 20.2 Å². The number of likely N-dealkylation sites (tertiary alicyclic amines) is 1. The van der Waals surface area contributed by atoms with Gasteiger partial charge in [0.25, 0.3) is 5.91 Å². The van der Waals surface area contributed by atoms with Crippen molar-refractivity contribution in [1.82, 2.24) is 20.4 Å². The second-order valence-corrected chi connectivity index (χ2v) is 10.8. The molecule has 39 heavy (non-hydrogen) atoms. The maximum atomic E-state index is 14.1. The van der Waals surface area contributed by atoms with E-state index in [9.17, 15) is 14.0 Å². The van der Waals surface area contributed by atoms with Crippen molar-refractivity contribution in [3.63, 3.8) is 0 Å². The number of aromatic amines is 1. The molecule has 8 nitrogen and oxygen atoms in total. The summed E-state index contributed by atoms with van der Waals surface area (Å²) in [5.74, 6) is -0.209. The van der Waals surface area contributed by atoms with Crippen LogP contribution in [0.2, 0.25) is 0 Å². The molecule has 2 amide bonds. The zero-order valence-corrected chi connectivity index (χ0v) is 22.4. The molecule has 0 bridgehead atoms. The standard InChI is InChI=1S/C30H31FN4O4/c1-29(2,3)39-28(37)35-14-13-30(18-35,22-9-6-10-23(17-22)38-4)32-27(36)21-8-5-7-19(15-21)20-11-12-25-24(16-20)26(31)34-33-25/h5-12,15-17H,13-14,18H2,1-4H3,(H,32,36)(H,33,34). The van der Waals surface area contributed by atoms with Crippen LogP contribution in [0.5, 0.6) is 5.75 Å². The topological polar surface area (TPSA) is 96.5 Å². The molecule has 5 rings (SSSR count). The van der Waals surface area contributed by atoms with Crippen molar-refractivity contribution in [3.8, 4) is 16.9 Å². The minimum absolute atomic E-state index is 0.247. The number of nitrogens with zero attached hydrogens (tertiary/aromatic N) is 2. The van der Waals surface area contributed by atoms with E-state index in [-0.39, 0.29) is 12.5 Å². The van der Waals surface area contributed by atoms with Crippen molar-refractivity contribution in [2.45, 2.75) is 38.3 Å². The van der Waals surface area contributed by atoms with Gasteiger partial charge in [-0.25, -0.2) is 4.79 Å². The molecule has 1 aromatic heterocycles. The molecule has 3 aromatic carbocycles. The van der Waals surface area contributed by atoms with Crippen molar-refractivity contribution in [1.29, 1.82) is 0 Å². The summed E-state index contributed by atoms with van der Waals surface area (Å²) in [6, 6.07) is 20.0. The third kappa shape index (κ3) is 5.43. The average molecular weight is 531 g/mol. The number of aromatic nitrogens is 2. The number of ether oxygens (including phenoxy) is 2. The number of H-pyrrole nitrogens is 1. The van der Waals surface area contributed by atoms with Crippen LogP contribution in [0.1, 0.15) is 43.1 Å². The Kier molecular flexibility index (Phi) is 6.76. The van der Waals surface area contributed by atoms with E-state index in [1.165, 1.54) is 0 Å². The number of nitrogens with one attached hydrogen (secondary N) is 2. The Labute approximate surface area is 226 Å². The first-order chi connectivity index (χ1) is 18.6. The Balaban J connectivity index is 1.45. The van der Waals surface area contributed by atoms with Crippen LogP contribution in [0.25, 0.3) is 22.0 Å². The molecule has 1 unspecified atom stereocenters. The van der Waals surface area contributed by atoms with Crippen LogP contribution in [0.4, 0.5) is 9.18 Å². The highest BCUT2D eigenvalue weighted by Crippen LogP contribution is 2.35. The summed E-state index contributed by atoms with van der Waals surface area (Å²) in [7, 11) is 1.59. The van der Waals surface area contributed by atoms with Gasteiger partial charge in [-0.3, -0.25) is 9.89 Å². The lowest BCUT2D eigenvalue weighted by molar-refractivity contribution is 0.0278. The predicted octanol–water partition coefficient (Wildman–Crippen LogP) is 5.64. The molecule has 0 saturated carbocycles. The molecule has 1 fully saturated rings. The van der Waals surface area contributed by atoms with E-state index in [2.05, 4.69) is 15.5 Å². The molecular formula is C30H31FN4O4. The zero-order chi connectivity index (χ0) is 27.8. The van der Waals surface area contributed by atoms with Gasteiger partial charge in [0.2, 0.25) is 5.95 Å². The van der Waals surface area contributed by atoms with Gasteiger partial charge in [-0.1, -0.05) is 30.3 Å². The van der Waals surface area contributed by atoms with Crippen molar-refractivity contribution in [3.05, 3.63) is 83.8 Å². The second-order valence-electron chi connectivity index (χ2n) is 10.8. The fraction of sp³-hybridized carbons (Fsp3) is 0.300. The summed E-state index contributed by atoms with van der Waals surface area (Å²) >= 11 is 0. The van der Waals surface area contributed by atoms with E-state index in [0.29, 0.717) is 35.2 Å². The number of hydrogen-bond donors (Lipinski definition) is 2. The number of methoxy groups -OCH3 is 1. The Morgan fingerprint density at radius 1 is 1.05 bits per heavy atom. The lowest BCUT2D eigenvalue weighted by atomic mass is 9.88. The van der Waals surface area contributed by atoms with Gasteiger partial charge < -0.3 is 19.7 Å². The molecule has 0 radical (unpaired) electrons. The summed E-state index contributed by atoms with van der Waals surface area (Å²) in [6.07, 6.45) is 0.0757. The maximum absolute atomic E-state index is 14.1. The largest absolute Gasteiger partial charge is 0.497 e. The van der Waals surface area contributed by atoms with E-state index in [1.807, 2.05) is 57.2 Å². The van der Waals surface area contributed by atoms with Crippen LogP contribution in [0, 0.1) is 5.95 Å². The van der Waals surface area contributed by atoms with E-state index < -0.39 is 23.2 Å². The Morgan fingerprint density at radius 3 is 2.59 bits per heavy atom. The number of amides is 2. The molecule has 0 aliphatic carbocycles. The highest BCUT2D eigenvalue weighted by molar-refractivity contribution is 5.96. The molecule has 1 saturated heterocycles. The van der Waals surface area contributed by atoms with Gasteiger partial charge in [0.1, 0.15) is 11.4 Å². The summed E-state index contributed by atoms with van der Waals surface area (Å²) in [5, 5.41) is 9.87. The van der Waals surface area contributed by atoms with Gasteiger partial charge in [-0.05, 0) is 80.3 Å². The fourth-order valence-corrected chi connectivity index (χ4v) is 4.91. The molecular weight excluding hydrogens is 499 g/mol. The number of benzene rings is 3. The van der Waals surface area contributed by atoms with Crippen LogP contribution >= 0.6 is 0 Å². The number of fused-ring (bicyclic) bond motifs is 1. The zero-order valence-electron chi connectivity index (χ0n) is 22.4. The van der Waals surface area contributed by atoms with E-state index in [1.54, 1.807) is 42.3 Å². The van der Waals surface area contributed by atoms with Gasteiger partial charge in [0.15, 0.2) is 0 Å². The van der Waals surface area contributed by atoms with Crippen LogP contribution in [0.3, 0.4) is 0 Å². The Hall–Kier alpha value is -4.40. The monoisotopic (exact) mass is 530 g/mol. The van der Waals surface area contributed by atoms with Crippen LogP contribution in [-0.2, 0) is 10.3 Å². The van der Waals surface area contributed by atoms with Crippen molar-refractivity contribution >= 4 is 22.9 Å². The highest BCUT2D eigenvalue weighted by Gasteiger charge is 2.44. The number of hydrogen-bond acceptors (Lipinski definition) is 5. The Morgan fingerprint density at radius 2 is 1.82 bits per heavy atom. The van der Waals surface area contributed by atoms with Crippen LogP contribution in [-0.4, -0.2) is 52.9 Å². The molecule has 1 aliphatic rings. The molecule has 1 atom stereocenters. The lowest BCUT2D eigenvalue weighted by Gasteiger charge is -2.32. The van der Waals surface area contributed by atoms with Gasteiger partial charge >= 0.3 is 6.09 Å². The number of carbonyl (C=O) groups excluding carboxylic acids is 2. The molecule has 2 heterocycles. The molecule has 2 N–H and O–H groups in total. The van der Waals surface area contributed by atoms with Gasteiger partial charge in [-0.2, -0.15) is 4.39 Å². The van der Waals surface area contributed by atoms with Gasteiger partial charge in [0, 0.05) is 12.1 Å². The summed E-state index contributed by atoms with van der Waals surface area (Å²) < 4.78 is 25.1. The third-order valence-electron chi connectivity index (χ3n) is 6.87. The quantitative estimate of drug-likeness (QED) is 0.348. The third-order valence-corrected chi connectivity index (χ3v) is 6.87. The molecule has 4 aromatic rings. The minimum Gasteiger partial charge on any atom is -0.497 e. The first-order valence-electron chi connectivity index (χ1n) is 12.8. The summed E-state index contributed by atoms with van der Waals surface area (Å²) in [6.45, 7) is 6.14.